The van der Waals surface area contributed by atoms with Gasteiger partial charge in [0.05, 0.1) is 30.3 Å². The Balaban J connectivity index is 1.92. The van der Waals surface area contributed by atoms with Gasteiger partial charge in [-0.2, -0.15) is 0 Å². The van der Waals surface area contributed by atoms with Crippen molar-refractivity contribution in [2.45, 2.75) is 43.7 Å². The van der Waals surface area contributed by atoms with E-state index in [1.165, 1.54) is 37.8 Å². The molecule has 1 aromatic rings. The zero-order valence-corrected chi connectivity index (χ0v) is 10.5. The van der Waals surface area contributed by atoms with Crippen LogP contribution < -0.4 is 5.32 Å². The highest BCUT2D eigenvalue weighted by molar-refractivity contribution is 5.14. The van der Waals surface area contributed by atoms with Gasteiger partial charge in [0.15, 0.2) is 0 Å². The van der Waals surface area contributed by atoms with E-state index < -0.39 is 0 Å². The van der Waals surface area contributed by atoms with Crippen LogP contribution in [0.25, 0.3) is 0 Å². The Morgan fingerprint density at radius 3 is 2.94 bits per heavy atom. The van der Waals surface area contributed by atoms with E-state index in [1.807, 2.05) is 12.5 Å². The van der Waals surface area contributed by atoms with E-state index >= 15 is 0 Å². The topological polar surface area (TPSA) is 39.1 Å². The monoisotopic (exact) mass is 235 g/mol. The Hall–Kier alpha value is -0.870. The van der Waals surface area contributed by atoms with Crippen LogP contribution >= 0.6 is 0 Å². The maximum Gasteiger partial charge on any atom is 0.0946 e. The molecular formula is C13H21N3O. The van der Waals surface area contributed by atoms with Crippen LogP contribution in [0.3, 0.4) is 0 Å². The van der Waals surface area contributed by atoms with Crippen LogP contribution in [0, 0.1) is 0 Å². The summed E-state index contributed by atoms with van der Waals surface area (Å²) in [4.78, 5) is 4.24. The van der Waals surface area contributed by atoms with Crippen LogP contribution in [0.2, 0.25) is 0 Å². The van der Waals surface area contributed by atoms with Gasteiger partial charge in [0.25, 0.3) is 0 Å². The predicted octanol–water partition coefficient (Wildman–Crippen LogP) is 1.78. The van der Waals surface area contributed by atoms with Crippen molar-refractivity contribution in [1.29, 1.82) is 0 Å². The fourth-order valence-corrected chi connectivity index (χ4v) is 3.33. The number of nitrogens with zero attached hydrogens (tertiary/aromatic N) is 2. The Morgan fingerprint density at radius 2 is 2.24 bits per heavy atom. The molecule has 1 N–H and O–H groups in total. The van der Waals surface area contributed by atoms with Crippen LogP contribution in [0.5, 0.6) is 0 Å². The number of aryl methyl sites for hydroxylation is 1. The van der Waals surface area contributed by atoms with E-state index in [4.69, 9.17) is 4.74 Å². The molecule has 1 atom stereocenters. The Labute approximate surface area is 102 Å². The second kappa shape index (κ2) is 4.42. The molecule has 1 spiro atoms. The number of hydrogen-bond acceptors (Lipinski definition) is 3. The molecule has 0 bridgehead atoms. The second-order valence-electron chi connectivity index (χ2n) is 5.29. The van der Waals surface area contributed by atoms with E-state index in [0.717, 1.165) is 13.2 Å². The smallest absolute Gasteiger partial charge is 0.0946 e. The van der Waals surface area contributed by atoms with Gasteiger partial charge < -0.3 is 14.6 Å². The van der Waals surface area contributed by atoms with Gasteiger partial charge in [-0.15, -0.1) is 0 Å². The first-order valence-electron chi connectivity index (χ1n) is 6.65. The molecular weight excluding hydrogens is 214 g/mol. The average molecular weight is 235 g/mol. The minimum absolute atomic E-state index is 0.0181. The third-order valence-corrected chi connectivity index (χ3v) is 4.22. The second-order valence-corrected chi connectivity index (χ2v) is 5.29. The highest BCUT2D eigenvalue weighted by Gasteiger charge is 2.44. The summed E-state index contributed by atoms with van der Waals surface area (Å²) in [5, 5.41) is 3.64. The molecule has 1 aromatic heterocycles. The van der Waals surface area contributed by atoms with Crippen LogP contribution in [-0.4, -0.2) is 28.3 Å². The highest BCUT2D eigenvalue weighted by atomic mass is 16.5. The van der Waals surface area contributed by atoms with Crippen molar-refractivity contribution in [3.8, 4) is 0 Å². The lowest BCUT2D eigenvalue weighted by Gasteiger charge is -2.46. The molecule has 2 aliphatic rings. The summed E-state index contributed by atoms with van der Waals surface area (Å²) in [5.41, 5.74) is 1.27. The maximum atomic E-state index is 6.19. The molecule has 4 nitrogen and oxygen atoms in total. The Morgan fingerprint density at radius 1 is 1.41 bits per heavy atom. The first-order valence-corrected chi connectivity index (χ1v) is 6.65. The lowest BCUT2D eigenvalue weighted by molar-refractivity contribution is -0.120. The zero-order chi connectivity index (χ0) is 11.7. The van der Waals surface area contributed by atoms with E-state index in [0.29, 0.717) is 6.04 Å². The summed E-state index contributed by atoms with van der Waals surface area (Å²) in [5.74, 6) is 0. The van der Waals surface area contributed by atoms with E-state index in [9.17, 15) is 0 Å². The van der Waals surface area contributed by atoms with Gasteiger partial charge >= 0.3 is 0 Å². The standard InChI is InChI=1S/C13H21N3O/c1-16-10-14-9-11(16)12-13(17-8-7-15-12)5-3-2-4-6-13/h9-10,12,15H,2-8H2,1H3. The van der Waals surface area contributed by atoms with Gasteiger partial charge in [-0.3, -0.25) is 0 Å². The molecule has 1 aliphatic heterocycles. The van der Waals surface area contributed by atoms with Crippen molar-refractivity contribution in [1.82, 2.24) is 14.9 Å². The molecule has 4 heteroatoms. The van der Waals surface area contributed by atoms with Gasteiger partial charge in [0.1, 0.15) is 0 Å². The third-order valence-electron chi connectivity index (χ3n) is 4.22. The number of hydrogen-bond donors (Lipinski definition) is 1. The molecule has 17 heavy (non-hydrogen) atoms. The van der Waals surface area contributed by atoms with Crippen molar-refractivity contribution in [2.24, 2.45) is 7.05 Å². The molecule has 3 rings (SSSR count). The van der Waals surface area contributed by atoms with Gasteiger partial charge in [-0.05, 0) is 12.8 Å². The predicted molar refractivity (Wildman–Crippen MR) is 65.7 cm³/mol. The van der Waals surface area contributed by atoms with Crippen LogP contribution in [-0.2, 0) is 11.8 Å². The Kier molecular flexibility index (Phi) is 2.92. The molecule has 2 fully saturated rings. The van der Waals surface area contributed by atoms with Crippen LogP contribution in [0.15, 0.2) is 12.5 Å². The van der Waals surface area contributed by atoms with Crippen molar-refractivity contribution < 1.29 is 4.74 Å². The summed E-state index contributed by atoms with van der Waals surface area (Å²) >= 11 is 0. The first-order chi connectivity index (χ1) is 8.32. The number of nitrogens with one attached hydrogen (secondary N) is 1. The number of morpholine rings is 1. The summed E-state index contributed by atoms with van der Waals surface area (Å²) in [6, 6.07) is 0.309. The minimum Gasteiger partial charge on any atom is -0.372 e. The molecule has 94 valence electrons. The van der Waals surface area contributed by atoms with Crippen molar-refractivity contribution in [3.63, 3.8) is 0 Å². The van der Waals surface area contributed by atoms with Gasteiger partial charge in [0, 0.05) is 19.8 Å². The highest BCUT2D eigenvalue weighted by Crippen LogP contribution is 2.42. The molecule has 0 radical (unpaired) electrons. The first kappa shape index (κ1) is 11.2. The van der Waals surface area contributed by atoms with Crippen molar-refractivity contribution >= 4 is 0 Å². The van der Waals surface area contributed by atoms with Gasteiger partial charge in [0.2, 0.25) is 0 Å². The molecule has 1 saturated carbocycles. The van der Waals surface area contributed by atoms with Crippen LogP contribution in [0.4, 0.5) is 0 Å². The maximum absolute atomic E-state index is 6.19. The SMILES string of the molecule is Cn1cncc1C1NCCOC12CCCCC2. The number of aromatic nitrogens is 2. The largest absolute Gasteiger partial charge is 0.372 e. The van der Waals surface area contributed by atoms with E-state index in [2.05, 4.69) is 21.9 Å². The van der Waals surface area contributed by atoms with E-state index in [1.54, 1.807) is 0 Å². The lowest BCUT2D eigenvalue weighted by Crippen LogP contribution is -2.53. The molecule has 1 saturated heterocycles. The zero-order valence-electron chi connectivity index (χ0n) is 10.5. The Bertz CT molecular complexity index is 374. The summed E-state index contributed by atoms with van der Waals surface area (Å²) in [6.07, 6.45) is 10.1. The molecule has 2 heterocycles. The minimum atomic E-state index is 0.0181. The van der Waals surface area contributed by atoms with E-state index in [-0.39, 0.29) is 5.60 Å². The third kappa shape index (κ3) is 1.89. The fourth-order valence-electron chi connectivity index (χ4n) is 3.33. The summed E-state index contributed by atoms with van der Waals surface area (Å²) in [6.45, 7) is 1.78. The van der Waals surface area contributed by atoms with Crippen LogP contribution in [0.1, 0.15) is 43.8 Å². The summed E-state index contributed by atoms with van der Waals surface area (Å²) < 4.78 is 8.31. The molecule has 1 aliphatic carbocycles. The van der Waals surface area contributed by atoms with Crippen molar-refractivity contribution in [2.75, 3.05) is 13.2 Å². The molecule has 0 aromatic carbocycles. The fraction of sp³-hybridized carbons (Fsp3) is 0.769. The number of imidazole rings is 1. The quantitative estimate of drug-likeness (QED) is 0.806. The lowest BCUT2D eigenvalue weighted by atomic mass is 9.77. The average Bonchev–Trinajstić information content (AvgIpc) is 2.77. The molecule has 1 unspecified atom stereocenters. The normalized spacial score (nSPS) is 28.4. The molecule has 0 amide bonds. The van der Waals surface area contributed by atoms with Gasteiger partial charge in [-0.25, -0.2) is 4.98 Å². The summed E-state index contributed by atoms with van der Waals surface area (Å²) in [7, 11) is 2.06. The van der Waals surface area contributed by atoms with Crippen molar-refractivity contribution in [3.05, 3.63) is 18.2 Å². The number of ether oxygens (including phenoxy) is 1. The number of rotatable bonds is 1. The van der Waals surface area contributed by atoms with Gasteiger partial charge in [-0.1, -0.05) is 19.3 Å².